The lowest BCUT2D eigenvalue weighted by Gasteiger charge is -1.38. The first-order valence-electron chi connectivity index (χ1n) is 0.765. The number of nitrogens with zero attached hydrogens (tertiary/aromatic N) is 1. The lowest BCUT2D eigenvalue weighted by atomic mass is 13.9. The van der Waals surface area contributed by atoms with Gasteiger partial charge >= 0.3 is 8.18 Å². The third kappa shape index (κ3) is 8.84. The van der Waals surface area contributed by atoms with Crippen molar-refractivity contribution in [3.05, 3.63) is 0 Å². The molecule has 0 aromatic rings. The van der Waals surface area contributed by atoms with Crippen LogP contribution < -0.4 is 0 Å². The Morgan fingerprint density at radius 3 is 2.00 bits per heavy atom. The molecule has 0 rings (SSSR count). The van der Waals surface area contributed by atoms with Crippen molar-refractivity contribution >= 4 is 33.0 Å². The molecule has 6 heavy (non-hydrogen) atoms. The molecule has 0 aromatic heterocycles. The van der Waals surface area contributed by atoms with Gasteiger partial charge in [0, 0.05) is 4.57 Å². The highest BCUT2D eigenvalue weighted by Gasteiger charge is 2.00. The molecule has 0 spiro atoms. The van der Waals surface area contributed by atoms with Gasteiger partial charge in [0.2, 0.25) is 0 Å². The summed E-state index contributed by atoms with van der Waals surface area (Å²) in [6, 6.07) is 0. The monoisotopic (exact) mass is 146 g/mol. The molecule has 0 aromatic carbocycles. The van der Waals surface area contributed by atoms with Gasteiger partial charge in [0.15, 0.2) is 0 Å². The zero-order chi connectivity index (χ0) is 4.28. The summed E-state index contributed by atoms with van der Waals surface area (Å²) in [4.78, 5) is 7.60. The van der Waals surface area contributed by atoms with E-state index in [4.69, 9.17) is 4.89 Å². The van der Waals surface area contributed by atoms with Crippen molar-refractivity contribution in [1.82, 2.24) is 0 Å². The van der Waals surface area contributed by atoms with Crippen LogP contribution in [0.3, 0.4) is 0 Å². The van der Waals surface area contributed by atoms with Gasteiger partial charge in [-0.25, -0.2) is 0 Å². The maximum absolute atomic E-state index is 9.25. The summed E-state index contributed by atoms with van der Waals surface area (Å²) in [5.74, 6) is 0. The zero-order valence-corrected chi connectivity index (χ0v) is 5.09. The summed E-state index contributed by atoms with van der Waals surface area (Å²) >= 11 is 3.77. The second kappa shape index (κ2) is 5.37. The van der Waals surface area contributed by atoms with Gasteiger partial charge in [-0.3, -0.25) is 0 Å². The normalized spacial score (nSPS) is 8.50. The molecule has 6 heteroatoms. The summed E-state index contributed by atoms with van der Waals surface area (Å²) in [7, 11) is -2.41. The predicted octanol–water partition coefficient (Wildman–Crippen LogP) is 0.788. The van der Waals surface area contributed by atoms with Gasteiger partial charge in [0.1, 0.15) is 0 Å². The molecule has 0 saturated carbocycles. The summed E-state index contributed by atoms with van der Waals surface area (Å²) in [6.45, 7) is 0. The average molecular weight is 147 g/mol. The molecule has 0 radical (unpaired) electrons. The van der Waals surface area contributed by atoms with E-state index in [0.717, 1.165) is 0 Å². The Labute approximate surface area is 47.3 Å². The van der Waals surface area contributed by atoms with Gasteiger partial charge in [-0.05, 0) is 0 Å². The first-order chi connectivity index (χ1) is 2.27. The van der Waals surface area contributed by atoms with Crippen molar-refractivity contribution in [3.8, 4) is 0 Å². The molecule has 3 nitrogen and oxygen atoms in total. The summed E-state index contributed by atoms with van der Waals surface area (Å²) in [6.07, 6.45) is 0. The lowest BCUT2D eigenvalue weighted by Crippen LogP contribution is -1.35. The van der Waals surface area contributed by atoms with Crippen molar-refractivity contribution in [2.24, 2.45) is 4.13 Å². The molecule has 0 amide bonds. The Morgan fingerprint density at radius 2 is 2.00 bits per heavy atom. The van der Waals surface area contributed by atoms with Gasteiger partial charge < -0.3 is 0 Å². The van der Waals surface area contributed by atoms with Crippen molar-refractivity contribution in [2.45, 2.75) is 0 Å². The van der Waals surface area contributed by atoms with Gasteiger partial charge in [0.05, 0.1) is 16.6 Å². The maximum Gasteiger partial charge on any atom is 0.679 e. The molecule has 0 aliphatic heterocycles. The van der Waals surface area contributed by atoms with Crippen LogP contribution in [0.25, 0.3) is 0 Å². The fraction of sp³-hybridized carbons (Fsp3) is 0. The van der Waals surface area contributed by atoms with Crippen LogP contribution in [0.2, 0.25) is 0 Å². The van der Waals surface area contributed by atoms with Gasteiger partial charge in [-0.15, -0.1) is 17.3 Å². The summed E-state index contributed by atoms with van der Waals surface area (Å²) in [5, 5.41) is 0. The SMILES string of the molecule is Cl.O=[P+](O)N=S. The van der Waals surface area contributed by atoms with E-state index in [2.05, 4.69) is 16.6 Å². The Balaban J connectivity index is 0. The van der Waals surface area contributed by atoms with E-state index in [1.165, 1.54) is 0 Å². The van der Waals surface area contributed by atoms with Crippen LogP contribution in [0.15, 0.2) is 4.13 Å². The second-order valence-electron chi connectivity index (χ2n) is 0.334. The smallest absolute Gasteiger partial charge is 0.147 e. The Hall–Kier alpha value is 0.370. The van der Waals surface area contributed by atoms with Crippen LogP contribution in [0.5, 0.6) is 0 Å². The molecule has 0 aliphatic carbocycles. The highest BCUT2D eigenvalue weighted by atomic mass is 35.5. The second-order valence-corrected chi connectivity index (χ2v) is 1.49. The number of halogens is 1. The van der Waals surface area contributed by atoms with Gasteiger partial charge in [0.25, 0.3) is 0 Å². The minimum atomic E-state index is -2.41. The van der Waals surface area contributed by atoms with E-state index in [-0.39, 0.29) is 12.4 Å². The fourth-order valence-corrected chi connectivity index (χ4v) is 0. The Kier molecular flexibility index (Phi) is 8.61. The van der Waals surface area contributed by atoms with Crippen LogP contribution in [0.4, 0.5) is 0 Å². The van der Waals surface area contributed by atoms with Crippen LogP contribution >= 0.6 is 20.6 Å². The molecule has 0 fully saturated rings. The van der Waals surface area contributed by atoms with E-state index >= 15 is 0 Å². The average Bonchev–Trinajstić information content (AvgIpc) is 1.38. The van der Waals surface area contributed by atoms with E-state index in [0.29, 0.717) is 0 Å². The van der Waals surface area contributed by atoms with Crippen LogP contribution in [0, 0.1) is 0 Å². The molecule has 1 atom stereocenters. The third-order valence-corrected chi connectivity index (χ3v) is 0.629. The van der Waals surface area contributed by atoms with Crippen LogP contribution in [-0.4, -0.2) is 4.89 Å². The van der Waals surface area contributed by atoms with E-state index in [1.807, 2.05) is 0 Å². The standard InChI is InChI=1S/ClH.NO2PS/c;2-4(3)1-5/h1H;/p+1. The van der Waals surface area contributed by atoms with Crippen molar-refractivity contribution < 1.29 is 9.46 Å². The zero-order valence-electron chi connectivity index (χ0n) is 2.57. The maximum atomic E-state index is 9.25. The highest BCUT2D eigenvalue weighted by Crippen LogP contribution is 2.10. The first kappa shape index (κ1) is 9.62. The molecule has 0 heterocycles. The predicted molar refractivity (Wildman–Crippen MR) is 26.9 cm³/mol. The molecular weight excluding hydrogens is 144 g/mol. The van der Waals surface area contributed by atoms with Crippen molar-refractivity contribution in [2.75, 3.05) is 0 Å². The molecule has 0 bridgehead atoms. The van der Waals surface area contributed by atoms with E-state index in [9.17, 15) is 4.57 Å². The molecular formula is H2ClNO2PS+. The minimum absolute atomic E-state index is 0. The molecule has 1 N–H and O–H groups in total. The first-order valence-corrected chi connectivity index (χ1v) is 2.30. The van der Waals surface area contributed by atoms with Crippen molar-refractivity contribution in [3.63, 3.8) is 0 Å². The van der Waals surface area contributed by atoms with Crippen molar-refractivity contribution in [1.29, 1.82) is 0 Å². The lowest BCUT2D eigenvalue weighted by molar-refractivity contribution is 0.506. The summed E-state index contributed by atoms with van der Waals surface area (Å²) in [5.41, 5.74) is 0. The molecule has 0 saturated heterocycles. The fourth-order valence-electron chi connectivity index (χ4n) is 0. The summed E-state index contributed by atoms with van der Waals surface area (Å²) < 4.78 is 11.8. The Morgan fingerprint density at radius 1 is 1.83 bits per heavy atom. The topological polar surface area (TPSA) is 49.7 Å². The minimum Gasteiger partial charge on any atom is -0.147 e. The largest absolute Gasteiger partial charge is 0.679 e. The number of rotatable bonds is 1. The quantitative estimate of drug-likeness (QED) is 0.557. The van der Waals surface area contributed by atoms with Gasteiger partial charge in [-0.1, -0.05) is 0 Å². The highest BCUT2D eigenvalue weighted by molar-refractivity contribution is 7.55. The molecule has 1 unspecified atom stereocenters. The molecule has 36 valence electrons. The molecule has 0 aliphatic rings. The third-order valence-electron chi connectivity index (χ3n) is 0.0698. The Bertz CT molecular complexity index is 64.6. The van der Waals surface area contributed by atoms with Gasteiger partial charge in [-0.2, -0.15) is 0 Å². The van der Waals surface area contributed by atoms with Crippen LogP contribution in [0.1, 0.15) is 0 Å². The van der Waals surface area contributed by atoms with Crippen LogP contribution in [-0.2, 0) is 17.0 Å². The van der Waals surface area contributed by atoms with E-state index < -0.39 is 8.18 Å². The van der Waals surface area contributed by atoms with E-state index in [1.54, 1.807) is 0 Å². The number of hydrogen-bond donors (Lipinski definition) is 1. The number of hydrogen-bond acceptors (Lipinski definition) is 2.